The van der Waals surface area contributed by atoms with Crippen LogP contribution in [-0.4, -0.2) is 26.0 Å². The molecule has 6 heteroatoms. The van der Waals surface area contributed by atoms with Gasteiger partial charge in [-0.2, -0.15) is 8.78 Å². The second-order valence-electron chi connectivity index (χ2n) is 6.31. The molecular weight excluding hydrogens is 352 g/mol. The van der Waals surface area contributed by atoms with Gasteiger partial charge in [0, 0.05) is 11.8 Å². The van der Waals surface area contributed by atoms with Crippen LogP contribution >= 0.6 is 0 Å². The van der Waals surface area contributed by atoms with Crippen molar-refractivity contribution < 1.29 is 23.0 Å². The Morgan fingerprint density at radius 1 is 0.926 bits per heavy atom. The maximum Gasteiger partial charge on any atom is 0.349 e. The predicted molar refractivity (Wildman–Crippen MR) is 98.7 cm³/mol. The van der Waals surface area contributed by atoms with Crippen LogP contribution in [0, 0.1) is 0 Å². The summed E-state index contributed by atoms with van der Waals surface area (Å²) in [5.74, 6) is -3.87. The molecule has 1 heterocycles. The molecule has 3 aromatic carbocycles. The van der Waals surface area contributed by atoms with Crippen molar-refractivity contribution in [3.63, 3.8) is 0 Å². The Labute approximate surface area is 154 Å². The van der Waals surface area contributed by atoms with Crippen molar-refractivity contribution in [2.75, 3.05) is 19.1 Å². The van der Waals surface area contributed by atoms with Crippen molar-refractivity contribution in [2.45, 2.75) is 12.0 Å². The summed E-state index contributed by atoms with van der Waals surface area (Å²) < 4.78 is 39.7. The van der Waals surface area contributed by atoms with Gasteiger partial charge in [-0.15, -0.1) is 0 Å². The van der Waals surface area contributed by atoms with E-state index in [1.165, 1.54) is 20.3 Å². The molecule has 0 aromatic heterocycles. The first-order chi connectivity index (χ1) is 13.0. The topological polar surface area (TPSA) is 38.8 Å². The smallest absolute Gasteiger partial charge is 0.349 e. The van der Waals surface area contributed by atoms with Gasteiger partial charge in [-0.25, -0.2) is 0 Å². The fraction of sp³-hybridized carbons (Fsp3) is 0.190. The van der Waals surface area contributed by atoms with Crippen molar-refractivity contribution in [2.24, 2.45) is 0 Å². The van der Waals surface area contributed by atoms with Crippen LogP contribution in [0.5, 0.6) is 11.5 Å². The normalized spacial score (nSPS) is 18.3. The number of β-lactam (4-membered cyclic amide) rings is 1. The zero-order valence-corrected chi connectivity index (χ0v) is 14.8. The van der Waals surface area contributed by atoms with Gasteiger partial charge in [-0.05, 0) is 28.5 Å². The third-order valence-corrected chi connectivity index (χ3v) is 4.87. The first kappa shape index (κ1) is 17.3. The highest BCUT2D eigenvalue weighted by atomic mass is 19.3. The minimum absolute atomic E-state index is 0.335. The molecular formula is C21H17F2NO3. The Morgan fingerprint density at radius 3 is 2.37 bits per heavy atom. The zero-order valence-electron chi connectivity index (χ0n) is 14.8. The van der Waals surface area contributed by atoms with Crippen molar-refractivity contribution >= 4 is 22.4 Å². The van der Waals surface area contributed by atoms with E-state index in [0.29, 0.717) is 28.1 Å². The average Bonchev–Trinajstić information content (AvgIpc) is 2.70. The van der Waals surface area contributed by atoms with Gasteiger partial charge in [0.1, 0.15) is 6.04 Å². The third-order valence-electron chi connectivity index (χ3n) is 4.87. The molecule has 0 N–H and O–H groups in total. The Kier molecular flexibility index (Phi) is 3.98. The Hall–Kier alpha value is -3.15. The van der Waals surface area contributed by atoms with Crippen LogP contribution in [0.4, 0.5) is 14.5 Å². The first-order valence-corrected chi connectivity index (χ1v) is 8.40. The lowest BCUT2D eigenvalue weighted by molar-refractivity contribution is -0.162. The standard InChI is InChI=1S/C21H17F2NO3/c1-26-17-11-10-14(12-18(17)27-2)24-19(21(22,23)20(24)25)16-9-5-7-13-6-3-4-8-15(13)16/h3-12,19H,1-2H3/t19-/m1/s1. The Morgan fingerprint density at radius 2 is 1.63 bits per heavy atom. The van der Waals surface area contributed by atoms with Gasteiger partial charge in [0.15, 0.2) is 11.5 Å². The summed E-state index contributed by atoms with van der Waals surface area (Å²) in [5.41, 5.74) is 0.744. The lowest BCUT2D eigenvalue weighted by Crippen LogP contribution is -2.64. The lowest BCUT2D eigenvalue weighted by atomic mass is 9.86. The number of carbonyl (C=O) groups is 1. The summed E-state index contributed by atoms with van der Waals surface area (Å²) in [7, 11) is 2.94. The van der Waals surface area contributed by atoms with E-state index in [9.17, 15) is 13.6 Å². The van der Waals surface area contributed by atoms with Crippen LogP contribution in [0.15, 0.2) is 60.7 Å². The summed E-state index contributed by atoms with van der Waals surface area (Å²) in [6, 6.07) is 15.8. The van der Waals surface area contributed by atoms with Crippen LogP contribution in [0.1, 0.15) is 11.6 Å². The summed E-state index contributed by atoms with van der Waals surface area (Å²) >= 11 is 0. The monoisotopic (exact) mass is 369 g/mol. The minimum Gasteiger partial charge on any atom is -0.493 e. The highest BCUT2D eigenvalue weighted by Gasteiger charge is 2.65. The van der Waals surface area contributed by atoms with Gasteiger partial charge >= 0.3 is 11.8 Å². The molecule has 1 saturated heterocycles. The molecule has 1 amide bonds. The number of hydrogen-bond donors (Lipinski definition) is 0. The van der Waals surface area contributed by atoms with Gasteiger partial charge in [-0.1, -0.05) is 42.5 Å². The number of methoxy groups -OCH3 is 2. The first-order valence-electron chi connectivity index (χ1n) is 8.40. The molecule has 27 heavy (non-hydrogen) atoms. The van der Waals surface area contributed by atoms with E-state index in [2.05, 4.69) is 0 Å². The van der Waals surface area contributed by atoms with E-state index in [-0.39, 0.29) is 0 Å². The van der Waals surface area contributed by atoms with E-state index in [4.69, 9.17) is 9.47 Å². The number of hydrogen-bond acceptors (Lipinski definition) is 3. The number of fused-ring (bicyclic) bond motifs is 1. The molecule has 0 unspecified atom stereocenters. The fourth-order valence-corrected chi connectivity index (χ4v) is 3.56. The Balaban J connectivity index is 1.85. The van der Waals surface area contributed by atoms with Crippen LogP contribution < -0.4 is 14.4 Å². The molecule has 1 aliphatic heterocycles. The molecule has 0 radical (unpaired) electrons. The molecule has 0 bridgehead atoms. The predicted octanol–water partition coefficient (Wildman–Crippen LogP) is 4.58. The fourth-order valence-electron chi connectivity index (χ4n) is 3.56. The highest BCUT2D eigenvalue weighted by molar-refractivity contribution is 6.08. The molecule has 1 fully saturated rings. The summed E-state index contributed by atoms with van der Waals surface area (Å²) in [5, 5.41) is 1.54. The van der Waals surface area contributed by atoms with Crippen LogP contribution in [0.3, 0.4) is 0 Å². The molecule has 4 nitrogen and oxygen atoms in total. The number of amides is 1. The summed E-state index contributed by atoms with van der Waals surface area (Å²) in [4.78, 5) is 13.4. The molecule has 3 aromatic rings. The molecule has 0 spiro atoms. The number of alkyl halides is 2. The number of ether oxygens (including phenoxy) is 2. The van der Waals surface area contributed by atoms with E-state index in [1.807, 2.05) is 18.2 Å². The molecule has 138 valence electrons. The van der Waals surface area contributed by atoms with E-state index >= 15 is 0 Å². The van der Waals surface area contributed by atoms with E-state index in [0.717, 1.165) is 10.3 Å². The van der Waals surface area contributed by atoms with Crippen molar-refractivity contribution in [1.82, 2.24) is 0 Å². The number of halogens is 2. The summed E-state index contributed by atoms with van der Waals surface area (Å²) in [6.45, 7) is 0. The zero-order chi connectivity index (χ0) is 19.2. The molecule has 1 aliphatic rings. The lowest BCUT2D eigenvalue weighted by Gasteiger charge is -2.47. The summed E-state index contributed by atoms with van der Waals surface area (Å²) in [6.07, 6.45) is 0. The van der Waals surface area contributed by atoms with Gasteiger partial charge < -0.3 is 9.47 Å². The molecule has 4 rings (SSSR count). The number of anilines is 1. The second-order valence-corrected chi connectivity index (χ2v) is 6.31. The van der Waals surface area contributed by atoms with Gasteiger partial charge in [0.05, 0.1) is 14.2 Å². The van der Waals surface area contributed by atoms with Crippen LogP contribution in [0.2, 0.25) is 0 Å². The van der Waals surface area contributed by atoms with E-state index < -0.39 is 17.9 Å². The number of carbonyl (C=O) groups excluding carboxylic acids is 1. The minimum atomic E-state index is -3.47. The van der Waals surface area contributed by atoms with Gasteiger partial charge in [0.25, 0.3) is 0 Å². The van der Waals surface area contributed by atoms with Crippen LogP contribution in [-0.2, 0) is 4.79 Å². The van der Waals surface area contributed by atoms with Crippen molar-refractivity contribution in [3.05, 3.63) is 66.2 Å². The molecule has 0 saturated carbocycles. The van der Waals surface area contributed by atoms with Crippen LogP contribution in [0.25, 0.3) is 10.8 Å². The van der Waals surface area contributed by atoms with E-state index in [1.54, 1.807) is 36.4 Å². The maximum atomic E-state index is 14.6. The third kappa shape index (κ3) is 2.51. The molecule has 1 atom stereocenters. The quantitative estimate of drug-likeness (QED) is 0.632. The van der Waals surface area contributed by atoms with Gasteiger partial charge in [-0.3, -0.25) is 9.69 Å². The largest absolute Gasteiger partial charge is 0.493 e. The number of benzene rings is 3. The van der Waals surface area contributed by atoms with Crippen molar-refractivity contribution in [1.29, 1.82) is 0 Å². The highest BCUT2D eigenvalue weighted by Crippen LogP contribution is 2.51. The maximum absolute atomic E-state index is 14.6. The SMILES string of the molecule is COc1ccc(N2C(=O)C(F)(F)[C@H]2c2cccc3ccccc23)cc1OC. The average molecular weight is 369 g/mol. The number of nitrogens with zero attached hydrogens (tertiary/aromatic N) is 1. The second kappa shape index (κ2) is 6.23. The van der Waals surface area contributed by atoms with Gasteiger partial charge in [0.2, 0.25) is 0 Å². The number of rotatable bonds is 4. The Bertz CT molecular complexity index is 1030. The van der Waals surface area contributed by atoms with Crippen molar-refractivity contribution in [3.8, 4) is 11.5 Å². The molecule has 0 aliphatic carbocycles.